The normalized spacial score (nSPS) is 12.0. The van der Waals surface area contributed by atoms with Crippen LogP contribution >= 0.6 is 0 Å². The molecule has 342 valence electrons. The van der Waals surface area contributed by atoms with Gasteiger partial charge in [-0.3, -0.25) is 13.5 Å². The van der Waals surface area contributed by atoms with E-state index in [1.807, 2.05) is 113 Å². The van der Waals surface area contributed by atoms with Crippen LogP contribution in [0, 0.1) is 6.92 Å². The van der Waals surface area contributed by atoms with Gasteiger partial charge in [0.25, 0.3) is 10.0 Å². The highest BCUT2D eigenvalue weighted by Crippen LogP contribution is 2.28. The van der Waals surface area contributed by atoms with Gasteiger partial charge in [0.05, 0.1) is 30.6 Å². The van der Waals surface area contributed by atoms with Gasteiger partial charge in [-0.15, -0.1) is 0 Å². The van der Waals surface area contributed by atoms with E-state index >= 15 is 0 Å². The Morgan fingerprint density at radius 1 is 0.887 bits per heavy atom. The first-order chi connectivity index (χ1) is 29.9. The predicted octanol–water partition coefficient (Wildman–Crippen LogP) is 11.4. The van der Waals surface area contributed by atoms with Gasteiger partial charge in [-0.05, 0) is 107 Å². The summed E-state index contributed by atoms with van der Waals surface area (Å²) in [7, 11) is 1.70. The molecule has 0 amide bonds. The van der Waals surface area contributed by atoms with Crippen molar-refractivity contribution in [2.75, 3.05) is 45.9 Å². The SMILES string of the molecule is C=C(/C(C)=C\C=C/C)S(=O)(=O)N(CCC(/C=C\C)=C/C(=C/OCc1ccccc1)CC(C)NC)c1ccc(CCC(=O)OCCC)cc1.C=O.CF.COC.Cc1ccccc1. The van der Waals surface area contributed by atoms with Gasteiger partial charge in [0.1, 0.15) is 13.4 Å². The molecule has 0 saturated carbocycles. The van der Waals surface area contributed by atoms with Crippen molar-refractivity contribution in [2.24, 2.45) is 0 Å². The number of aryl methyl sites for hydroxylation is 2. The van der Waals surface area contributed by atoms with Crippen molar-refractivity contribution in [1.29, 1.82) is 0 Å². The lowest BCUT2D eigenvalue weighted by Crippen LogP contribution is -2.33. The van der Waals surface area contributed by atoms with Gasteiger partial charge in [0, 0.05) is 33.2 Å². The molecule has 3 aromatic carbocycles. The molecule has 62 heavy (non-hydrogen) atoms. The van der Waals surface area contributed by atoms with E-state index in [0.717, 1.165) is 35.1 Å². The van der Waals surface area contributed by atoms with E-state index in [1.54, 1.807) is 51.7 Å². The maximum absolute atomic E-state index is 14.1. The zero-order chi connectivity index (χ0) is 47.2. The number of nitrogens with zero attached hydrogens (tertiary/aromatic N) is 1. The summed E-state index contributed by atoms with van der Waals surface area (Å²) < 4.78 is 54.6. The fourth-order valence-electron chi connectivity index (χ4n) is 5.26. The molecule has 0 radical (unpaired) electrons. The minimum absolute atomic E-state index is 0.0395. The Labute approximate surface area is 373 Å². The third-order valence-electron chi connectivity index (χ3n) is 8.55. The van der Waals surface area contributed by atoms with E-state index in [-0.39, 0.29) is 29.9 Å². The molecule has 0 aromatic heterocycles. The predicted molar refractivity (Wildman–Crippen MR) is 258 cm³/mol. The Hall–Kier alpha value is -5.36. The number of ether oxygens (including phenoxy) is 3. The summed E-state index contributed by atoms with van der Waals surface area (Å²) in [5, 5.41) is 3.29. The third-order valence-corrected chi connectivity index (χ3v) is 10.5. The van der Waals surface area contributed by atoms with Crippen LogP contribution in [0.1, 0.15) is 77.0 Å². The number of anilines is 1. The van der Waals surface area contributed by atoms with Gasteiger partial charge in [0.15, 0.2) is 0 Å². The van der Waals surface area contributed by atoms with Crippen molar-refractivity contribution in [3.63, 3.8) is 0 Å². The maximum Gasteiger partial charge on any atom is 0.306 e. The number of carbonyl (C=O) groups is 2. The summed E-state index contributed by atoms with van der Waals surface area (Å²) >= 11 is 0. The summed E-state index contributed by atoms with van der Waals surface area (Å²) in [6, 6.07) is 27.8. The summed E-state index contributed by atoms with van der Waals surface area (Å²) in [5.41, 5.74) is 6.36. The van der Waals surface area contributed by atoms with Crippen LogP contribution < -0.4 is 9.62 Å². The van der Waals surface area contributed by atoms with Crippen LogP contribution in [0.2, 0.25) is 0 Å². The molecule has 0 aliphatic heterocycles. The molecular formula is C51H73FN2O7S. The molecule has 1 unspecified atom stereocenters. The number of sulfonamides is 1. The molecule has 1 N–H and O–H groups in total. The zero-order valence-electron chi connectivity index (χ0n) is 38.9. The molecule has 3 rings (SSSR count). The number of hydrogen-bond donors (Lipinski definition) is 1. The first-order valence-corrected chi connectivity index (χ1v) is 22.0. The third kappa shape index (κ3) is 26.1. The fourth-order valence-corrected chi connectivity index (χ4v) is 6.73. The van der Waals surface area contributed by atoms with Crippen LogP contribution in [-0.2, 0) is 46.9 Å². The quantitative estimate of drug-likeness (QED) is 0.0640. The van der Waals surface area contributed by atoms with Gasteiger partial charge >= 0.3 is 5.97 Å². The Balaban J connectivity index is 0. The molecular weight excluding hydrogens is 804 g/mol. The highest BCUT2D eigenvalue weighted by molar-refractivity contribution is 7.96. The summed E-state index contributed by atoms with van der Waals surface area (Å²) in [4.78, 5) is 20.1. The number of nitrogens with one attached hydrogen (secondary N) is 1. The molecule has 11 heteroatoms. The van der Waals surface area contributed by atoms with Crippen molar-refractivity contribution in [1.82, 2.24) is 5.32 Å². The molecule has 0 saturated heterocycles. The van der Waals surface area contributed by atoms with Gasteiger partial charge in [-0.2, -0.15) is 0 Å². The summed E-state index contributed by atoms with van der Waals surface area (Å²) in [6.45, 7) is 18.8. The van der Waals surface area contributed by atoms with Gasteiger partial charge in [0.2, 0.25) is 0 Å². The van der Waals surface area contributed by atoms with Crippen molar-refractivity contribution >= 4 is 28.5 Å². The Morgan fingerprint density at radius 3 is 1.97 bits per heavy atom. The highest BCUT2D eigenvalue weighted by Gasteiger charge is 2.27. The minimum Gasteiger partial charge on any atom is -0.496 e. The number of hydrogen-bond acceptors (Lipinski definition) is 8. The number of rotatable bonds is 21. The van der Waals surface area contributed by atoms with Crippen molar-refractivity contribution in [2.45, 2.75) is 86.3 Å². The van der Waals surface area contributed by atoms with Crippen LogP contribution in [0.15, 0.2) is 156 Å². The molecule has 3 aromatic rings. The number of carbonyl (C=O) groups excluding carboxylic acids is 2. The second-order valence-electron chi connectivity index (χ2n) is 13.7. The molecule has 9 nitrogen and oxygen atoms in total. The number of allylic oxidation sites excluding steroid dienone is 7. The minimum atomic E-state index is -3.98. The van der Waals surface area contributed by atoms with Crippen molar-refractivity contribution < 1.29 is 36.6 Å². The van der Waals surface area contributed by atoms with Crippen LogP contribution in [0.4, 0.5) is 10.1 Å². The smallest absolute Gasteiger partial charge is 0.306 e. The van der Waals surface area contributed by atoms with E-state index in [0.29, 0.717) is 44.5 Å². The van der Waals surface area contributed by atoms with Crippen molar-refractivity contribution in [3.8, 4) is 0 Å². The van der Waals surface area contributed by atoms with Gasteiger partial charge in [-0.25, -0.2) is 8.42 Å². The lowest BCUT2D eigenvalue weighted by Gasteiger charge is -2.26. The zero-order valence-corrected chi connectivity index (χ0v) is 39.7. The topological polar surface area (TPSA) is 111 Å². The second-order valence-corrected chi connectivity index (χ2v) is 15.6. The Bertz CT molecular complexity index is 1890. The van der Waals surface area contributed by atoms with E-state index in [1.165, 1.54) is 9.87 Å². The molecule has 0 heterocycles. The number of alkyl halides is 1. The average molecular weight is 877 g/mol. The highest BCUT2D eigenvalue weighted by atomic mass is 32.2. The molecule has 1 atom stereocenters. The maximum atomic E-state index is 14.1. The van der Waals surface area contributed by atoms with E-state index in [2.05, 4.69) is 48.7 Å². The summed E-state index contributed by atoms with van der Waals surface area (Å²) in [5.74, 6) is -0.240. The Kier molecular flexibility index (Phi) is 35.4. The lowest BCUT2D eigenvalue weighted by atomic mass is 10.0. The largest absolute Gasteiger partial charge is 0.496 e. The fraction of sp³-hybridized carbons (Fsp3) is 0.373. The number of esters is 1. The number of methoxy groups -OCH3 is 1. The first kappa shape index (κ1) is 58.7. The van der Waals surface area contributed by atoms with Crippen LogP contribution in [0.5, 0.6) is 0 Å². The van der Waals surface area contributed by atoms with E-state index < -0.39 is 10.0 Å². The monoisotopic (exact) mass is 877 g/mol. The van der Waals surface area contributed by atoms with E-state index in [9.17, 15) is 17.6 Å². The standard InChI is InChI=1S/C40H54N2O5S.C7H8.C2H6O.CH3F.CH2O/c1-8-11-16-32(4)34(6)48(44,45)42(39-22-19-35(20-23-39)21-24-40(43)47-27-10-3)26-25-36(15-9-2)29-38(28-33(5)41-7)31-46-30-37-17-13-12-14-18-37;1-7-5-3-2-4-6-7;1-3-2;2*1-2/h8-9,11-20,22-23,29,31,33,41H,6,10,21,24-28,30H2,1-5,7H3;2-6H,1H3;1-2H3;1H3;1H2/b11-8-,15-9-,32-16-,36-29+,38-31+;;;;. The number of halogens is 1. The average Bonchev–Trinajstić information content (AvgIpc) is 3.29. The van der Waals surface area contributed by atoms with Crippen LogP contribution in [0.25, 0.3) is 0 Å². The Morgan fingerprint density at radius 2 is 1.47 bits per heavy atom. The summed E-state index contributed by atoms with van der Waals surface area (Å²) in [6.07, 6.45) is 16.0. The van der Waals surface area contributed by atoms with Crippen LogP contribution in [0.3, 0.4) is 0 Å². The first-order valence-electron chi connectivity index (χ1n) is 20.6. The molecule has 0 spiro atoms. The molecule has 0 bridgehead atoms. The van der Waals surface area contributed by atoms with Gasteiger partial charge < -0.3 is 24.3 Å². The van der Waals surface area contributed by atoms with Gasteiger partial charge in [-0.1, -0.05) is 128 Å². The molecule has 0 fully saturated rings. The van der Waals surface area contributed by atoms with E-state index in [4.69, 9.17) is 14.3 Å². The lowest BCUT2D eigenvalue weighted by molar-refractivity contribution is -0.143. The molecule has 0 aliphatic rings. The van der Waals surface area contributed by atoms with Crippen LogP contribution in [-0.4, -0.2) is 68.8 Å². The van der Waals surface area contributed by atoms with Crippen molar-refractivity contribution in [3.05, 3.63) is 173 Å². The second kappa shape index (κ2) is 37.4. The molecule has 0 aliphatic carbocycles. The number of benzene rings is 3.